The highest BCUT2D eigenvalue weighted by Crippen LogP contribution is 2.28. The number of anilines is 1. The highest BCUT2D eigenvalue weighted by molar-refractivity contribution is 6.00. The van der Waals surface area contributed by atoms with Crippen LogP contribution in [0.2, 0.25) is 0 Å². The first-order chi connectivity index (χ1) is 13.5. The normalized spacial score (nSPS) is 15.8. The van der Waals surface area contributed by atoms with Crippen LogP contribution in [0.5, 0.6) is 5.75 Å². The van der Waals surface area contributed by atoms with Crippen molar-refractivity contribution in [2.75, 3.05) is 18.9 Å². The minimum absolute atomic E-state index is 0.328. The Morgan fingerprint density at radius 2 is 1.89 bits per heavy atom. The van der Waals surface area contributed by atoms with Crippen molar-refractivity contribution < 1.29 is 14.3 Å². The van der Waals surface area contributed by atoms with E-state index >= 15 is 0 Å². The van der Waals surface area contributed by atoms with E-state index in [1.165, 1.54) is 19.3 Å². The van der Waals surface area contributed by atoms with Gasteiger partial charge in [-0.15, -0.1) is 0 Å². The van der Waals surface area contributed by atoms with E-state index in [1.54, 1.807) is 18.2 Å². The summed E-state index contributed by atoms with van der Waals surface area (Å²) in [6.07, 6.45) is 9.08. The molecule has 1 aromatic carbocycles. The van der Waals surface area contributed by atoms with E-state index in [4.69, 9.17) is 21.9 Å². The van der Waals surface area contributed by atoms with Crippen LogP contribution in [0.25, 0.3) is 0 Å². The standard InChI is InChI=1S/C21H34N4O3/c22-11-5-2-6-12-28-19-10-9-16(23)14-17(19)21(27)25-18(20(24)26)13-15-7-3-1-4-8-15/h9-10,14-15,18H,1-8,11-13,22-23H2,(H2,24,26)(H,25,27)/t18-/m0/s1. The van der Waals surface area contributed by atoms with Gasteiger partial charge in [0.05, 0.1) is 12.2 Å². The fourth-order valence-electron chi connectivity index (χ4n) is 3.69. The fourth-order valence-corrected chi connectivity index (χ4v) is 3.69. The molecule has 1 aliphatic carbocycles. The molecule has 2 rings (SSSR count). The molecule has 1 aliphatic rings. The van der Waals surface area contributed by atoms with E-state index < -0.39 is 11.9 Å². The lowest BCUT2D eigenvalue weighted by molar-refractivity contribution is -0.120. The Hall–Kier alpha value is -2.28. The van der Waals surface area contributed by atoms with Crippen molar-refractivity contribution in [3.63, 3.8) is 0 Å². The molecule has 1 aromatic rings. The molecule has 0 aromatic heterocycles. The van der Waals surface area contributed by atoms with Crippen LogP contribution in [-0.2, 0) is 4.79 Å². The van der Waals surface area contributed by atoms with Crippen molar-refractivity contribution in [2.24, 2.45) is 17.4 Å². The van der Waals surface area contributed by atoms with E-state index in [-0.39, 0.29) is 5.91 Å². The fraction of sp³-hybridized carbons (Fsp3) is 0.619. The third-order valence-corrected chi connectivity index (χ3v) is 5.30. The van der Waals surface area contributed by atoms with Gasteiger partial charge >= 0.3 is 0 Å². The van der Waals surface area contributed by atoms with Crippen LogP contribution < -0.4 is 27.3 Å². The van der Waals surface area contributed by atoms with Crippen LogP contribution in [0.1, 0.15) is 68.1 Å². The maximum atomic E-state index is 12.8. The van der Waals surface area contributed by atoms with Gasteiger partial charge in [-0.2, -0.15) is 0 Å². The zero-order valence-electron chi connectivity index (χ0n) is 16.6. The smallest absolute Gasteiger partial charge is 0.255 e. The molecule has 7 nitrogen and oxygen atoms in total. The molecule has 0 aliphatic heterocycles. The molecule has 7 N–H and O–H groups in total. The Labute approximate surface area is 167 Å². The molecule has 156 valence electrons. The van der Waals surface area contributed by atoms with E-state index in [0.717, 1.165) is 32.1 Å². The summed E-state index contributed by atoms with van der Waals surface area (Å²) in [4.78, 5) is 24.7. The number of carbonyl (C=O) groups excluding carboxylic acids is 2. The predicted molar refractivity (Wildman–Crippen MR) is 111 cm³/mol. The van der Waals surface area contributed by atoms with Crippen molar-refractivity contribution in [2.45, 2.75) is 63.8 Å². The highest BCUT2D eigenvalue weighted by Gasteiger charge is 2.25. The van der Waals surface area contributed by atoms with Gasteiger partial charge in [-0.3, -0.25) is 9.59 Å². The Morgan fingerprint density at radius 1 is 1.14 bits per heavy atom. The van der Waals surface area contributed by atoms with Gasteiger partial charge < -0.3 is 27.3 Å². The number of nitrogens with two attached hydrogens (primary N) is 3. The van der Waals surface area contributed by atoms with Crippen molar-refractivity contribution in [3.8, 4) is 5.75 Å². The lowest BCUT2D eigenvalue weighted by Gasteiger charge is -2.25. The Morgan fingerprint density at radius 3 is 2.57 bits per heavy atom. The maximum Gasteiger partial charge on any atom is 0.255 e. The number of amides is 2. The first kappa shape index (κ1) is 22.0. The van der Waals surface area contributed by atoms with Gasteiger partial charge in [0.25, 0.3) is 5.91 Å². The number of nitrogen functional groups attached to an aromatic ring is 1. The summed E-state index contributed by atoms with van der Waals surface area (Å²) < 4.78 is 5.78. The second-order valence-corrected chi connectivity index (χ2v) is 7.62. The van der Waals surface area contributed by atoms with Crippen LogP contribution in [0.15, 0.2) is 18.2 Å². The number of carbonyl (C=O) groups is 2. The number of unbranched alkanes of at least 4 members (excludes halogenated alkanes) is 2. The van der Waals surface area contributed by atoms with Crippen LogP contribution in [0.3, 0.4) is 0 Å². The van der Waals surface area contributed by atoms with Crippen LogP contribution in [0.4, 0.5) is 5.69 Å². The van der Waals surface area contributed by atoms with Gasteiger partial charge in [0, 0.05) is 5.69 Å². The predicted octanol–water partition coefficient (Wildman–Crippen LogP) is 2.33. The first-order valence-corrected chi connectivity index (χ1v) is 10.3. The lowest BCUT2D eigenvalue weighted by Crippen LogP contribution is -2.45. The van der Waals surface area contributed by atoms with Crippen molar-refractivity contribution in [3.05, 3.63) is 23.8 Å². The number of hydrogen-bond acceptors (Lipinski definition) is 5. The van der Waals surface area contributed by atoms with Crippen molar-refractivity contribution in [1.82, 2.24) is 5.32 Å². The number of hydrogen-bond donors (Lipinski definition) is 4. The van der Waals surface area contributed by atoms with Gasteiger partial charge in [-0.25, -0.2) is 0 Å². The summed E-state index contributed by atoms with van der Waals surface area (Å²) in [5, 5.41) is 2.79. The minimum atomic E-state index is -0.686. The highest BCUT2D eigenvalue weighted by atomic mass is 16.5. The van der Waals surface area contributed by atoms with E-state index in [2.05, 4.69) is 5.32 Å². The van der Waals surface area contributed by atoms with Crippen LogP contribution >= 0.6 is 0 Å². The molecule has 0 radical (unpaired) electrons. The maximum absolute atomic E-state index is 12.8. The summed E-state index contributed by atoms with van der Waals surface area (Å²) in [5.41, 5.74) is 17.7. The van der Waals surface area contributed by atoms with Crippen molar-refractivity contribution in [1.29, 1.82) is 0 Å². The first-order valence-electron chi connectivity index (χ1n) is 10.3. The quantitative estimate of drug-likeness (QED) is 0.340. The topological polar surface area (TPSA) is 133 Å². The number of rotatable bonds is 11. The third kappa shape index (κ3) is 7.03. The number of benzene rings is 1. The van der Waals surface area contributed by atoms with E-state index in [9.17, 15) is 9.59 Å². The van der Waals surface area contributed by atoms with Gasteiger partial charge in [0.2, 0.25) is 5.91 Å². The number of ether oxygens (including phenoxy) is 1. The van der Waals surface area contributed by atoms with Gasteiger partial charge in [-0.1, -0.05) is 32.1 Å². The van der Waals surface area contributed by atoms with Gasteiger partial charge in [-0.05, 0) is 56.3 Å². The minimum Gasteiger partial charge on any atom is -0.493 e. The molecule has 1 atom stereocenters. The van der Waals surface area contributed by atoms with E-state index in [0.29, 0.717) is 42.5 Å². The van der Waals surface area contributed by atoms with E-state index in [1.807, 2.05) is 0 Å². The Bertz CT molecular complexity index is 645. The zero-order valence-corrected chi connectivity index (χ0v) is 16.6. The molecule has 7 heteroatoms. The average molecular weight is 391 g/mol. The lowest BCUT2D eigenvalue weighted by atomic mass is 9.84. The molecular weight excluding hydrogens is 356 g/mol. The largest absolute Gasteiger partial charge is 0.493 e. The third-order valence-electron chi connectivity index (χ3n) is 5.30. The zero-order chi connectivity index (χ0) is 20.4. The number of nitrogens with one attached hydrogen (secondary N) is 1. The Balaban J connectivity index is 2.01. The molecule has 0 unspecified atom stereocenters. The summed E-state index contributed by atoms with van der Waals surface area (Å²) in [6, 6.07) is 4.27. The summed E-state index contributed by atoms with van der Waals surface area (Å²) in [5.74, 6) is -0.0121. The Kier molecular flexibility index (Phi) is 9.07. The summed E-state index contributed by atoms with van der Waals surface area (Å²) in [6.45, 7) is 1.15. The van der Waals surface area contributed by atoms with Crippen LogP contribution in [-0.4, -0.2) is 31.0 Å². The molecule has 0 bridgehead atoms. The molecule has 1 fully saturated rings. The van der Waals surface area contributed by atoms with Crippen LogP contribution in [0, 0.1) is 5.92 Å². The van der Waals surface area contributed by atoms with Gasteiger partial charge in [0.1, 0.15) is 11.8 Å². The summed E-state index contributed by atoms with van der Waals surface area (Å²) in [7, 11) is 0. The summed E-state index contributed by atoms with van der Waals surface area (Å²) >= 11 is 0. The molecule has 0 heterocycles. The molecule has 0 saturated heterocycles. The SMILES string of the molecule is NCCCCCOc1ccc(N)cc1C(=O)N[C@@H](CC1CCCCC1)C(N)=O. The van der Waals surface area contributed by atoms with Crippen molar-refractivity contribution >= 4 is 17.5 Å². The molecule has 1 saturated carbocycles. The van der Waals surface area contributed by atoms with Gasteiger partial charge in [0.15, 0.2) is 0 Å². The molecule has 0 spiro atoms. The monoisotopic (exact) mass is 390 g/mol. The second kappa shape index (κ2) is 11.5. The molecule has 28 heavy (non-hydrogen) atoms. The number of primary amides is 1. The molecular formula is C21H34N4O3. The second-order valence-electron chi connectivity index (χ2n) is 7.62. The average Bonchev–Trinajstić information content (AvgIpc) is 2.69. The molecule has 2 amide bonds.